The van der Waals surface area contributed by atoms with E-state index in [-0.39, 0.29) is 0 Å². The van der Waals surface area contributed by atoms with Crippen molar-refractivity contribution in [2.24, 2.45) is 5.41 Å². The van der Waals surface area contributed by atoms with Crippen LogP contribution in [0.3, 0.4) is 0 Å². The lowest BCUT2D eigenvalue weighted by molar-refractivity contribution is -0.128. The standard InChI is InChI=1S/C8H14N2O/c1-9-3-2-8(4-9)5-10(6-8)7-11/h7H,2-6H2,1H3. The third-order valence-corrected chi connectivity index (χ3v) is 2.86. The van der Waals surface area contributed by atoms with Gasteiger partial charge in [-0.05, 0) is 20.0 Å². The van der Waals surface area contributed by atoms with Crippen LogP contribution in [0.4, 0.5) is 0 Å². The molecule has 11 heavy (non-hydrogen) atoms. The first kappa shape index (κ1) is 7.10. The normalized spacial score (nSPS) is 29.0. The molecule has 1 spiro atoms. The third kappa shape index (κ3) is 1.03. The van der Waals surface area contributed by atoms with Crippen LogP contribution in [0.25, 0.3) is 0 Å². The van der Waals surface area contributed by atoms with Crippen molar-refractivity contribution in [2.75, 3.05) is 33.2 Å². The largest absolute Gasteiger partial charge is 0.344 e. The fourth-order valence-electron chi connectivity index (χ4n) is 2.31. The van der Waals surface area contributed by atoms with Gasteiger partial charge in [0.25, 0.3) is 0 Å². The quantitative estimate of drug-likeness (QED) is 0.487. The van der Waals surface area contributed by atoms with E-state index in [1.165, 1.54) is 19.5 Å². The van der Waals surface area contributed by atoms with Crippen molar-refractivity contribution in [1.29, 1.82) is 0 Å². The summed E-state index contributed by atoms with van der Waals surface area (Å²) in [5, 5.41) is 0. The van der Waals surface area contributed by atoms with Gasteiger partial charge in [0.15, 0.2) is 0 Å². The minimum Gasteiger partial charge on any atom is -0.344 e. The molecule has 3 nitrogen and oxygen atoms in total. The summed E-state index contributed by atoms with van der Waals surface area (Å²) < 4.78 is 0. The second-order valence-electron chi connectivity index (χ2n) is 4.00. The maximum Gasteiger partial charge on any atom is 0.209 e. The Morgan fingerprint density at radius 3 is 2.55 bits per heavy atom. The third-order valence-electron chi connectivity index (χ3n) is 2.86. The zero-order valence-corrected chi connectivity index (χ0v) is 6.92. The minimum absolute atomic E-state index is 0.482. The molecule has 2 aliphatic rings. The van der Waals surface area contributed by atoms with Crippen molar-refractivity contribution in [3.8, 4) is 0 Å². The lowest BCUT2D eigenvalue weighted by Crippen LogP contribution is -2.56. The predicted octanol–water partition coefficient (Wildman–Crippen LogP) is -0.220. The summed E-state index contributed by atoms with van der Waals surface area (Å²) in [6.07, 6.45) is 2.23. The monoisotopic (exact) mass is 154 g/mol. The van der Waals surface area contributed by atoms with Gasteiger partial charge < -0.3 is 9.80 Å². The van der Waals surface area contributed by atoms with Crippen molar-refractivity contribution in [1.82, 2.24) is 9.80 Å². The average Bonchev–Trinajstić information content (AvgIpc) is 2.28. The summed E-state index contributed by atoms with van der Waals surface area (Å²) in [6, 6.07) is 0. The van der Waals surface area contributed by atoms with Gasteiger partial charge in [0, 0.05) is 25.0 Å². The highest BCUT2D eigenvalue weighted by Gasteiger charge is 2.46. The van der Waals surface area contributed by atoms with E-state index >= 15 is 0 Å². The van der Waals surface area contributed by atoms with Gasteiger partial charge in [-0.1, -0.05) is 0 Å². The summed E-state index contributed by atoms with van der Waals surface area (Å²) in [4.78, 5) is 14.5. The molecule has 2 fully saturated rings. The summed E-state index contributed by atoms with van der Waals surface area (Å²) in [6.45, 7) is 4.35. The van der Waals surface area contributed by atoms with E-state index < -0.39 is 0 Å². The molecule has 0 aromatic rings. The Morgan fingerprint density at radius 2 is 2.09 bits per heavy atom. The zero-order valence-electron chi connectivity index (χ0n) is 6.92. The molecule has 0 aliphatic carbocycles. The first-order chi connectivity index (χ1) is 5.24. The maximum absolute atomic E-state index is 10.3. The van der Waals surface area contributed by atoms with Gasteiger partial charge in [0.1, 0.15) is 0 Å². The second-order valence-corrected chi connectivity index (χ2v) is 4.00. The van der Waals surface area contributed by atoms with Gasteiger partial charge in [-0.25, -0.2) is 0 Å². The molecule has 0 unspecified atom stereocenters. The highest BCUT2D eigenvalue weighted by Crippen LogP contribution is 2.37. The van der Waals surface area contributed by atoms with E-state index in [1.54, 1.807) is 0 Å². The molecule has 0 bridgehead atoms. The van der Waals surface area contributed by atoms with Crippen molar-refractivity contribution in [3.05, 3.63) is 0 Å². The molecule has 2 rings (SSSR count). The summed E-state index contributed by atoms with van der Waals surface area (Å²) in [7, 11) is 2.15. The summed E-state index contributed by atoms with van der Waals surface area (Å²) in [5.74, 6) is 0. The van der Waals surface area contributed by atoms with Crippen LogP contribution in [0, 0.1) is 5.41 Å². The fraction of sp³-hybridized carbons (Fsp3) is 0.875. The predicted molar refractivity (Wildman–Crippen MR) is 42.2 cm³/mol. The number of carbonyl (C=O) groups excluding carboxylic acids is 1. The molecule has 2 aliphatic heterocycles. The van der Waals surface area contributed by atoms with Crippen LogP contribution in [0.2, 0.25) is 0 Å². The Labute approximate surface area is 67.0 Å². The molecular weight excluding hydrogens is 140 g/mol. The van der Waals surface area contributed by atoms with Crippen LogP contribution < -0.4 is 0 Å². The Kier molecular flexibility index (Phi) is 1.42. The molecule has 0 saturated carbocycles. The van der Waals surface area contributed by atoms with Crippen molar-refractivity contribution in [2.45, 2.75) is 6.42 Å². The van der Waals surface area contributed by atoms with Crippen molar-refractivity contribution >= 4 is 6.41 Å². The maximum atomic E-state index is 10.3. The van der Waals surface area contributed by atoms with Crippen LogP contribution in [0.1, 0.15) is 6.42 Å². The van der Waals surface area contributed by atoms with Gasteiger partial charge in [-0.2, -0.15) is 0 Å². The van der Waals surface area contributed by atoms with E-state index in [1.807, 2.05) is 4.90 Å². The molecule has 0 atom stereocenters. The molecule has 0 aromatic heterocycles. The number of hydrogen-bond acceptors (Lipinski definition) is 2. The average molecular weight is 154 g/mol. The highest BCUT2D eigenvalue weighted by molar-refractivity contribution is 5.49. The van der Waals surface area contributed by atoms with Gasteiger partial charge in [0.2, 0.25) is 6.41 Å². The van der Waals surface area contributed by atoms with Crippen LogP contribution in [0.5, 0.6) is 0 Å². The van der Waals surface area contributed by atoms with Crippen molar-refractivity contribution < 1.29 is 4.79 Å². The van der Waals surface area contributed by atoms with Crippen LogP contribution in [-0.4, -0.2) is 49.4 Å². The number of carbonyl (C=O) groups is 1. The van der Waals surface area contributed by atoms with E-state index in [4.69, 9.17) is 0 Å². The van der Waals surface area contributed by atoms with E-state index in [0.717, 1.165) is 19.5 Å². The molecule has 2 saturated heterocycles. The lowest BCUT2D eigenvalue weighted by Gasteiger charge is -2.46. The minimum atomic E-state index is 0.482. The second kappa shape index (κ2) is 2.21. The first-order valence-corrected chi connectivity index (χ1v) is 4.12. The van der Waals surface area contributed by atoms with E-state index in [2.05, 4.69) is 11.9 Å². The lowest BCUT2D eigenvalue weighted by atomic mass is 9.79. The molecule has 0 aromatic carbocycles. The van der Waals surface area contributed by atoms with Gasteiger partial charge in [-0.3, -0.25) is 4.79 Å². The topological polar surface area (TPSA) is 23.6 Å². The summed E-state index contributed by atoms with van der Waals surface area (Å²) >= 11 is 0. The van der Waals surface area contributed by atoms with Gasteiger partial charge in [-0.15, -0.1) is 0 Å². The number of hydrogen-bond donors (Lipinski definition) is 0. The number of amides is 1. The molecule has 3 heteroatoms. The van der Waals surface area contributed by atoms with Gasteiger partial charge >= 0.3 is 0 Å². The summed E-state index contributed by atoms with van der Waals surface area (Å²) in [5.41, 5.74) is 0.482. The SMILES string of the molecule is CN1CCC2(C1)CN(C=O)C2. The van der Waals surface area contributed by atoms with Crippen LogP contribution in [-0.2, 0) is 4.79 Å². The molecule has 1 amide bonds. The smallest absolute Gasteiger partial charge is 0.209 e. The first-order valence-electron chi connectivity index (χ1n) is 4.12. The number of nitrogens with zero attached hydrogens (tertiary/aromatic N) is 2. The molecule has 0 radical (unpaired) electrons. The highest BCUT2D eigenvalue weighted by atomic mass is 16.1. The fourth-order valence-corrected chi connectivity index (χ4v) is 2.31. The number of rotatable bonds is 1. The Hall–Kier alpha value is -0.570. The molecule has 62 valence electrons. The number of likely N-dealkylation sites (tertiary alicyclic amines) is 2. The Bertz CT molecular complexity index is 175. The van der Waals surface area contributed by atoms with Crippen molar-refractivity contribution in [3.63, 3.8) is 0 Å². The molecule has 2 heterocycles. The zero-order chi connectivity index (χ0) is 7.90. The van der Waals surface area contributed by atoms with Crippen LogP contribution in [0.15, 0.2) is 0 Å². The molecular formula is C8H14N2O. The van der Waals surface area contributed by atoms with Gasteiger partial charge in [0.05, 0.1) is 0 Å². The van der Waals surface area contributed by atoms with E-state index in [9.17, 15) is 4.79 Å². The van der Waals surface area contributed by atoms with E-state index in [0.29, 0.717) is 5.41 Å². The Balaban J connectivity index is 1.92. The van der Waals surface area contributed by atoms with Crippen LogP contribution >= 0.6 is 0 Å². The molecule has 0 N–H and O–H groups in total. The Morgan fingerprint density at radius 1 is 1.36 bits per heavy atom.